The van der Waals surface area contributed by atoms with E-state index in [1.54, 1.807) is 0 Å². The molecule has 0 amide bonds. The highest BCUT2D eigenvalue weighted by Crippen LogP contribution is 2.23. The Morgan fingerprint density at radius 2 is 1.43 bits per heavy atom. The summed E-state index contributed by atoms with van der Waals surface area (Å²) in [7, 11) is 0. The first kappa shape index (κ1) is 12.9. The van der Waals surface area contributed by atoms with Gasteiger partial charge in [-0.1, -0.05) is 38.2 Å². The van der Waals surface area contributed by atoms with Crippen molar-refractivity contribution in [2.75, 3.05) is 0 Å². The fourth-order valence-corrected chi connectivity index (χ4v) is 1.78. The van der Waals surface area contributed by atoms with Gasteiger partial charge in [0.1, 0.15) is 0 Å². The minimum atomic E-state index is -0.721. The fraction of sp³-hybridized carbons (Fsp3) is 0.583. The van der Waals surface area contributed by atoms with Crippen LogP contribution in [0.5, 0.6) is 0 Å². The van der Waals surface area contributed by atoms with Gasteiger partial charge in [0.2, 0.25) is 0 Å². The van der Waals surface area contributed by atoms with Gasteiger partial charge >= 0.3 is 5.97 Å². The van der Waals surface area contributed by atoms with Crippen molar-refractivity contribution >= 4 is 5.97 Å². The molecule has 0 aliphatic carbocycles. The lowest BCUT2D eigenvalue weighted by Gasteiger charge is -2.21. The second-order valence-corrected chi connectivity index (χ2v) is 3.63. The van der Waals surface area contributed by atoms with Crippen molar-refractivity contribution in [1.82, 2.24) is 0 Å². The van der Waals surface area contributed by atoms with Crippen molar-refractivity contribution < 1.29 is 9.90 Å². The summed E-state index contributed by atoms with van der Waals surface area (Å²) < 4.78 is 0. The quantitative estimate of drug-likeness (QED) is 0.686. The van der Waals surface area contributed by atoms with Crippen LogP contribution in [0.2, 0.25) is 0 Å². The van der Waals surface area contributed by atoms with E-state index in [1.807, 2.05) is 52.0 Å². The van der Waals surface area contributed by atoms with E-state index in [2.05, 4.69) is 0 Å². The summed E-state index contributed by atoms with van der Waals surface area (Å²) in [6.45, 7) is 7.71. The maximum absolute atomic E-state index is 11.1. The molecule has 2 heteroatoms. The average Bonchev–Trinajstić information content (AvgIpc) is 2.04. The maximum Gasteiger partial charge on any atom is 0.307 e. The van der Waals surface area contributed by atoms with Gasteiger partial charge in [0.25, 0.3) is 0 Å². The molecule has 0 aliphatic rings. The van der Waals surface area contributed by atoms with Gasteiger partial charge in [-0.3, -0.25) is 4.79 Å². The first-order valence-electron chi connectivity index (χ1n) is 5.03. The van der Waals surface area contributed by atoms with Gasteiger partial charge in [-0.2, -0.15) is 0 Å². The molecule has 80 valence electrons. The van der Waals surface area contributed by atoms with Gasteiger partial charge in [-0.25, -0.2) is 0 Å². The molecule has 0 heterocycles. The highest BCUT2D eigenvalue weighted by molar-refractivity contribution is 5.71. The largest absolute Gasteiger partial charge is 0.481 e. The molecule has 0 radical (unpaired) electrons. The van der Waals surface area contributed by atoms with E-state index >= 15 is 0 Å². The summed E-state index contributed by atoms with van der Waals surface area (Å²) in [6.07, 6.45) is 7.70. The van der Waals surface area contributed by atoms with Crippen molar-refractivity contribution in [3.05, 3.63) is 24.3 Å². The third-order valence-electron chi connectivity index (χ3n) is 2.41. The van der Waals surface area contributed by atoms with E-state index in [0.29, 0.717) is 0 Å². The molecule has 14 heavy (non-hydrogen) atoms. The predicted octanol–water partition coefficient (Wildman–Crippen LogP) is 3.11. The third-order valence-corrected chi connectivity index (χ3v) is 2.41. The minimum absolute atomic E-state index is 0.0729. The first-order chi connectivity index (χ1) is 6.54. The highest BCUT2D eigenvalue weighted by atomic mass is 16.4. The molecule has 1 N–H and O–H groups in total. The molecule has 0 aliphatic heterocycles. The normalized spacial score (nSPS) is 18.6. The standard InChI is InChI=1S/C12H20O2/c1-5-7-9(3)11(12(13)14)10(4)8-6-2/h5-11H,1-4H3,(H,13,14)/b7-5+,8-6+/t9-,10+,11?. The summed E-state index contributed by atoms with van der Waals surface area (Å²) >= 11 is 0. The number of aliphatic carboxylic acids is 1. The zero-order valence-electron chi connectivity index (χ0n) is 9.40. The zero-order chi connectivity index (χ0) is 11.1. The van der Waals surface area contributed by atoms with Gasteiger partial charge < -0.3 is 5.11 Å². The van der Waals surface area contributed by atoms with Crippen LogP contribution in [0.3, 0.4) is 0 Å². The summed E-state index contributed by atoms with van der Waals surface area (Å²) in [6, 6.07) is 0. The fourth-order valence-electron chi connectivity index (χ4n) is 1.78. The lowest BCUT2D eigenvalue weighted by molar-refractivity contribution is -0.144. The smallest absolute Gasteiger partial charge is 0.307 e. The molecule has 3 atom stereocenters. The minimum Gasteiger partial charge on any atom is -0.481 e. The number of carbonyl (C=O) groups is 1. The molecule has 0 bridgehead atoms. The van der Waals surface area contributed by atoms with E-state index in [1.165, 1.54) is 0 Å². The van der Waals surface area contributed by atoms with E-state index in [-0.39, 0.29) is 17.8 Å². The highest BCUT2D eigenvalue weighted by Gasteiger charge is 2.27. The monoisotopic (exact) mass is 196 g/mol. The SMILES string of the molecule is C/C=C/[C@@H](C)C(C(=O)O)[C@@H](C)/C=C/C. The van der Waals surface area contributed by atoms with E-state index in [9.17, 15) is 4.79 Å². The Morgan fingerprint density at radius 1 is 1.07 bits per heavy atom. The van der Waals surface area contributed by atoms with E-state index in [0.717, 1.165) is 0 Å². The summed E-state index contributed by atoms with van der Waals surface area (Å²) in [5.41, 5.74) is 0. The second kappa shape index (κ2) is 6.41. The number of carboxylic acids is 1. The van der Waals surface area contributed by atoms with Crippen LogP contribution >= 0.6 is 0 Å². The van der Waals surface area contributed by atoms with Gasteiger partial charge in [-0.05, 0) is 25.7 Å². The molecule has 0 saturated carbocycles. The number of hydrogen-bond acceptors (Lipinski definition) is 1. The van der Waals surface area contributed by atoms with Crippen molar-refractivity contribution in [1.29, 1.82) is 0 Å². The molecule has 0 fully saturated rings. The van der Waals surface area contributed by atoms with E-state index in [4.69, 9.17) is 5.11 Å². The third kappa shape index (κ3) is 3.77. The van der Waals surface area contributed by atoms with Gasteiger partial charge in [0, 0.05) is 0 Å². The number of rotatable bonds is 5. The Bertz CT molecular complexity index is 210. The second-order valence-electron chi connectivity index (χ2n) is 3.63. The van der Waals surface area contributed by atoms with Crippen LogP contribution in [0, 0.1) is 17.8 Å². The van der Waals surface area contributed by atoms with Crippen LogP contribution in [-0.4, -0.2) is 11.1 Å². The molecule has 0 aromatic carbocycles. The summed E-state index contributed by atoms with van der Waals surface area (Å²) in [4.78, 5) is 11.1. The van der Waals surface area contributed by atoms with Crippen LogP contribution in [0.1, 0.15) is 27.7 Å². The number of carboxylic acid groups (broad SMARTS) is 1. The molecular formula is C12H20O2. The van der Waals surface area contributed by atoms with Crippen LogP contribution in [0.15, 0.2) is 24.3 Å². The van der Waals surface area contributed by atoms with Gasteiger partial charge in [0.05, 0.1) is 5.92 Å². The predicted molar refractivity (Wildman–Crippen MR) is 59.1 cm³/mol. The number of hydrogen-bond donors (Lipinski definition) is 1. The maximum atomic E-state index is 11.1. The average molecular weight is 196 g/mol. The Morgan fingerprint density at radius 3 is 1.64 bits per heavy atom. The van der Waals surface area contributed by atoms with Crippen LogP contribution in [0.25, 0.3) is 0 Å². The van der Waals surface area contributed by atoms with Crippen LogP contribution in [0.4, 0.5) is 0 Å². The molecular weight excluding hydrogens is 176 g/mol. The van der Waals surface area contributed by atoms with Crippen LogP contribution in [-0.2, 0) is 4.79 Å². The Hall–Kier alpha value is -1.05. The number of allylic oxidation sites excluding steroid dienone is 4. The Balaban J connectivity index is 4.66. The lowest BCUT2D eigenvalue weighted by Crippen LogP contribution is -2.26. The van der Waals surface area contributed by atoms with Crippen molar-refractivity contribution in [3.63, 3.8) is 0 Å². The summed E-state index contributed by atoms with van der Waals surface area (Å²) in [5.74, 6) is -0.906. The molecule has 0 rings (SSSR count). The lowest BCUT2D eigenvalue weighted by atomic mass is 9.83. The molecule has 0 saturated heterocycles. The van der Waals surface area contributed by atoms with Gasteiger partial charge in [0.15, 0.2) is 0 Å². The first-order valence-corrected chi connectivity index (χ1v) is 5.03. The van der Waals surface area contributed by atoms with Crippen molar-refractivity contribution in [2.24, 2.45) is 17.8 Å². The molecule has 2 nitrogen and oxygen atoms in total. The summed E-state index contributed by atoms with van der Waals surface area (Å²) in [5, 5.41) is 9.10. The Labute approximate surface area is 86.3 Å². The van der Waals surface area contributed by atoms with E-state index < -0.39 is 5.97 Å². The van der Waals surface area contributed by atoms with Crippen molar-refractivity contribution in [2.45, 2.75) is 27.7 Å². The zero-order valence-corrected chi connectivity index (χ0v) is 9.40. The molecule has 0 aromatic heterocycles. The molecule has 0 spiro atoms. The van der Waals surface area contributed by atoms with Gasteiger partial charge in [-0.15, -0.1) is 0 Å². The molecule has 1 unspecified atom stereocenters. The topological polar surface area (TPSA) is 37.3 Å². The Kier molecular flexibility index (Phi) is 5.93. The van der Waals surface area contributed by atoms with Crippen molar-refractivity contribution in [3.8, 4) is 0 Å². The molecule has 0 aromatic rings. The van der Waals surface area contributed by atoms with Crippen LogP contribution < -0.4 is 0 Å².